The Balaban J connectivity index is 1.88. The van der Waals surface area contributed by atoms with Gasteiger partial charge < -0.3 is 10.1 Å². The molecule has 0 bridgehead atoms. The molecule has 32 heavy (non-hydrogen) atoms. The van der Waals surface area contributed by atoms with Gasteiger partial charge in [0.05, 0.1) is 23.2 Å². The van der Waals surface area contributed by atoms with E-state index in [-0.39, 0.29) is 17.5 Å². The second-order valence-corrected chi connectivity index (χ2v) is 9.31. The van der Waals surface area contributed by atoms with Crippen molar-refractivity contribution in [2.24, 2.45) is 0 Å². The molecule has 0 heterocycles. The molecule has 0 aromatic heterocycles. The van der Waals surface area contributed by atoms with Gasteiger partial charge in [-0.1, -0.05) is 48.0 Å². The van der Waals surface area contributed by atoms with E-state index in [9.17, 15) is 13.2 Å². The molecule has 1 N–H and O–H groups in total. The van der Waals surface area contributed by atoms with Crippen molar-refractivity contribution in [1.82, 2.24) is 5.32 Å². The lowest BCUT2D eigenvalue weighted by molar-refractivity contribution is -0.120. The summed E-state index contributed by atoms with van der Waals surface area (Å²) in [5.74, 6) is 0.194. The molecule has 3 aromatic rings. The lowest BCUT2D eigenvalue weighted by Gasteiger charge is -2.25. The molecule has 0 saturated heterocycles. The molecule has 0 aliphatic heterocycles. The first-order valence-corrected chi connectivity index (χ1v) is 11.9. The average Bonchev–Trinajstić information content (AvgIpc) is 2.79. The summed E-state index contributed by atoms with van der Waals surface area (Å²) in [5.41, 5.74) is 2.36. The molecule has 3 aromatic carbocycles. The second-order valence-electron chi connectivity index (χ2n) is 7.45. The normalized spacial score (nSPS) is 12.1. The van der Waals surface area contributed by atoms with Crippen molar-refractivity contribution in [3.63, 3.8) is 0 Å². The summed E-state index contributed by atoms with van der Waals surface area (Å²) in [6.45, 7) is 5.80. The summed E-state index contributed by atoms with van der Waals surface area (Å²) in [5, 5.41) is 2.89. The van der Waals surface area contributed by atoms with E-state index < -0.39 is 15.9 Å². The van der Waals surface area contributed by atoms with Gasteiger partial charge in [0.2, 0.25) is 5.91 Å². The molecule has 0 aliphatic rings. The highest BCUT2D eigenvalue weighted by Gasteiger charge is 2.27. The van der Waals surface area contributed by atoms with Crippen molar-refractivity contribution >= 4 is 21.6 Å². The number of aryl methyl sites for hydroxylation is 1. The number of nitrogens with zero attached hydrogens (tertiary/aromatic N) is 1. The molecule has 7 heteroatoms. The van der Waals surface area contributed by atoms with Crippen LogP contribution in [0.4, 0.5) is 5.69 Å². The van der Waals surface area contributed by atoms with Crippen LogP contribution in [0.3, 0.4) is 0 Å². The summed E-state index contributed by atoms with van der Waals surface area (Å²) in [6, 6.07) is 22.5. The van der Waals surface area contributed by atoms with Gasteiger partial charge in [-0.15, -0.1) is 0 Å². The first-order valence-electron chi connectivity index (χ1n) is 10.5. The van der Waals surface area contributed by atoms with Gasteiger partial charge in [-0.25, -0.2) is 8.42 Å². The molecule has 0 aliphatic carbocycles. The Hall–Kier alpha value is -3.32. The largest absolute Gasteiger partial charge is 0.494 e. The van der Waals surface area contributed by atoms with E-state index in [4.69, 9.17) is 4.74 Å². The second kappa shape index (κ2) is 10.3. The Morgan fingerprint density at radius 1 is 0.969 bits per heavy atom. The maximum atomic E-state index is 13.5. The number of nitrogens with one attached hydrogen (secondary N) is 1. The van der Waals surface area contributed by atoms with Crippen molar-refractivity contribution in [3.05, 3.63) is 90.0 Å². The maximum Gasteiger partial charge on any atom is 0.264 e. The van der Waals surface area contributed by atoms with E-state index in [0.717, 1.165) is 15.4 Å². The first-order chi connectivity index (χ1) is 15.3. The van der Waals surface area contributed by atoms with Gasteiger partial charge in [-0.3, -0.25) is 9.10 Å². The Kier molecular flexibility index (Phi) is 7.53. The Morgan fingerprint density at radius 2 is 1.59 bits per heavy atom. The van der Waals surface area contributed by atoms with Gasteiger partial charge >= 0.3 is 0 Å². The zero-order chi connectivity index (χ0) is 23.1. The van der Waals surface area contributed by atoms with E-state index >= 15 is 0 Å². The number of benzene rings is 3. The molecular formula is C25H28N2O4S. The van der Waals surface area contributed by atoms with Crippen molar-refractivity contribution in [2.45, 2.75) is 31.7 Å². The van der Waals surface area contributed by atoms with Crippen LogP contribution >= 0.6 is 0 Å². The van der Waals surface area contributed by atoms with E-state index in [0.29, 0.717) is 18.0 Å². The van der Waals surface area contributed by atoms with Crippen molar-refractivity contribution in [2.75, 3.05) is 17.5 Å². The Morgan fingerprint density at radius 3 is 2.19 bits per heavy atom. The molecule has 3 rings (SSSR count). The molecule has 0 fully saturated rings. The van der Waals surface area contributed by atoms with Crippen molar-refractivity contribution < 1.29 is 17.9 Å². The molecule has 1 amide bonds. The van der Waals surface area contributed by atoms with Crippen LogP contribution in [0.2, 0.25) is 0 Å². The number of ether oxygens (including phenoxy) is 1. The average molecular weight is 453 g/mol. The number of amides is 1. The SMILES string of the molecule is CCOc1ccc(S(=O)(=O)N(CC(=O)N[C@H](C)c2ccccc2)c2ccc(C)cc2)cc1. The molecule has 6 nitrogen and oxygen atoms in total. The summed E-state index contributed by atoms with van der Waals surface area (Å²) >= 11 is 0. The molecule has 0 unspecified atom stereocenters. The fraction of sp³-hybridized carbons (Fsp3) is 0.240. The highest BCUT2D eigenvalue weighted by atomic mass is 32.2. The fourth-order valence-electron chi connectivity index (χ4n) is 3.27. The minimum absolute atomic E-state index is 0.0884. The third-order valence-corrected chi connectivity index (χ3v) is 6.80. The van der Waals surface area contributed by atoms with Gasteiger partial charge in [0.25, 0.3) is 10.0 Å². The van der Waals surface area contributed by atoms with Gasteiger partial charge in [-0.05, 0) is 62.7 Å². The maximum absolute atomic E-state index is 13.5. The number of anilines is 1. The third kappa shape index (κ3) is 5.68. The third-order valence-electron chi connectivity index (χ3n) is 5.01. The number of sulfonamides is 1. The smallest absolute Gasteiger partial charge is 0.264 e. The highest BCUT2D eigenvalue weighted by Crippen LogP contribution is 2.25. The van der Waals surface area contributed by atoms with Gasteiger partial charge in [0, 0.05) is 0 Å². The highest BCUT2D eigenvalue weighted by molar-refractivity contribution is 7.92. The summed E-state index contributed by atoms with van der Waals surface area (Å²) in [6.07, 6.45) is 0. The predicted octanol–water partition coefficient (Wildman–Crippen LogP) is 4.47. The predicted molar refractivity (Wildman–Crippen MR) is 126 cm³/mol. The lowest BCUT2D eigenvalue weighted by Crippen LogP contribution is -2.41. The molecule has 0 spiro atoms. The molecule has 1 atom stereocenters. The van der Waals surface area contributed by atoms with Crippen LogP contribution in [-0.4, -0.2) is 27.5 Å². The Labute approximate surface area is 189 Å². The monoisotopic (exact) mass is 452 g/mol. The van der Waals surface area contributed by atoms with Crippen LogP contribution in [0.15, 0.2) is 83.8 Å². The van der Waals surface area contributed by atoms with Gasteiger partial charge in [0.15, 0.2) is 0 Å². The lowest BCUT2D eigenvalue weighted by atomic mass is 10.1. The minimum atomic E-state index is -3.98. The zero-order valence-corrected chi connectivity index (χ0v) is 19.3. The van der Waals surface area contributed by atoms with Crippen LogP contribution < -0.4 is 14.4 Å². The van der Waals surface area contributed by atoms with Crippen LogP contribution in [-0.2, 0) is 14.8 Å². The van der Waals surface area contributed by atoms with E-state index in [1.807, 2.05) is 63.2 Å². The molecular weight excluding hydrogens is 424 g/mol. The van der Waals surface area contributed by atoms with Crippen LogP contribution in [0.1, 0.15) is 31.0 Å². The summed E-state index contributed by atoms with van der Waals surface area (Å²) in [7, 11) is -3.98. The number of rotatable bonds is 9. The van der Waals surface area contributed by atoms with E-state index in [1.54, 1.807) is 24.3 Å². The molecule has 168 valence electrons. The van der Waals surface area contributed by atoms with Gasteiger partial charge in [0.1, 0.15) is 12.3 Å². The number of carbonyl (C=O) groups excluding carboxylic acids is 1. The van der Waals surface area contributed by atoms with Crippen molar-refractivity contribution in [1.29, 1.82) is 0 Å². The van der Waals surface area contributed by atoms with Crippen LogP contribution in [0.25, 0.3) is 0 Å². The quantitative estimate of drug-likeness (QED) is 0.520. The van der Waals surface area contributed by atoms with Crippen LogP contribution in [0, 0.1) is 6.92 Å². The summed E-state index contributed by atoms with van der Waals surface area (Å²) in [4.78, 5) is 12.9. The van der Waals surface area contributed by atoms with Crippen molar-refractivity contribution in [3.8, 4) is 5.75 Å². The first kappa shape index (κ1) is 23.3. The topological polar surface area (TPSA) is 75.7 Å². The standard InChI is InChI=1S/C25H28N2O4S/c1-4-31-23-14-16-24(17-15-23)32(29,30)27(22-12-10-19(2)11-13-22)18-25(28)26-20(3)21-8-6-5-7-9-21/h5-17,20H,4,18H2,1-3H3,(H,26,28)/t20-/m1/s1. The van der Waals surface area contributed by atoms with E-state index in [1.165, 1.54) is 12.1 Å². The number of carbonyl (C=O) groups is 1. The van der Waals surface area contributed by atoms with Gasteiger partial charge in [-0.2, -0.15) is 0 Å². The zero-order valence-electron chi connectivity index (χ0n) is 18.5. The van der Waals surface area contributed by atoms with Crippen LogP contribution in [0.5, 0.6) is 5.75 Å². The number of hydrogen-bond acceptors (Lipinski definition) is 4. The Bertz CT molecular complexity index is 1130. The minimum Gasteiger partial charge on any atom is -0.494 e. The summed E-state index contributed by atoms with van der Waals surface area (Å²) < 4.78 is 33.5. The van der Waals surface area contributed by atoms with E-state index in [2.05, 4.69) is 5.32 Å². The number of hydrogen-bond donors (Lipinski definition) is 1. The molecule has 0 radical (unpaired) electrons. The fourth-order valence-corrected chi connectivity index (χ4v) is 4.69. The molecule has 0 saturated carbocycles.